The molecule has 0 bridgehead atoms. The Labute approximate surface area is 164 Å². The third kappa shape index (κ3) is 5.41. The fraction of sp³-hybridized carbons (Fsp3) is 0.0952. The Kier molecular flexibility index (Phi) is 5.92. The van der Waals surface area contributed by atoms with Gasteiger partial charge >= 0.3 is 6.18 Å². The molecule has 0 unspecified atom stereocenters. The number of halogens is 3. The van der Waals surface area contributed by atoms with Crippen LogP contribution in [-0.2, 0) is 12.7 Å². The smallest absolute Gasteiger partial charge is 0.346 e. The van der Waals surface area contributed by atoms with Gasteiger partial charge in [-0.05, 0) is 48.5 Å². The van der Waals surface area contributed by atoms with Crippen LogP contribution in [0.2, 0.25) is 0 Å². The molecule has 148 valence electrons. The average molecular weight is 399 g/mol. The minimum Gasteiger partial charge on any atom is -0.346 e. The molecule has 0 aliphatic rings. The molecule has 0 saturated carbocycles. The van der Waals surface area contributed by atoms with Gasteiger partial charge < -0.3 is 10.6 Å². The molecule has 3 rings (SSSR count). The first-order chi connectivity index (χ1) is 13.8. The van der Waals surface area contributed by atoms with Crippen molar-refractivity contribution >= 4 is 17.5 Å². The van der Waals surface area contributed by atoms with E-state index in [-0.39, 0.29) is 23.4 Å². The molecule has 2 N–H and O–H groups in total. The molecule has 2 aromatic carbocycles. The molecular weight excluding hydrogens is 383 g/mol. The minimum atomic E-state index is -4.51. The van der Waals surface area contributed by atoms with E-state index in [9.17, 15) is 22.8 Å². The Balaban J connectivity index is 1.68. The van der Waals surface area contributed by atoms with Gasteiger partial charge in [0.2, 0.25) is 0 Å². The molecule has 0 radical (unpaired) electrons. The van der Waals surface area contributed by atoms with Gasteiger partial charge in [-0.15, -0.1) is 0 Å². The van der Waals surface area contributed by atoms with Gasteiger partial charge in [0.25, 0.3) is 11.8 Å². The first kappa shape index (κ1) is 20.1. The lowest BCUT2D eigenvalue weighted by Gasteiger charge is -2.10. The number of carbonyl (C=O) groups excluding carboxylic acids is 2. The maximum Gasteiger partial charge on any atom is 0.416 e. The topological polar surface area (TPSA) is 71.1 Å². The summed E-state index contributed by atoms with van der Waals surface area (Å²) >= 11 is 0. The van der Waals surface area contributed by atoms with E-state index in [0.717, 1.165) is 12.1 Å². The van der Waals surface area contributed by atoms with Crippen molar-refractivity contribution in [2.45, 2.75) is 12.7 Å². The second kappa shape index (κ2) is 8.55. The van der Waals surface area contributed by atoms with Crippen molar-refractivity contribution in [2.75, 3.05) is 5.32 Å². The fourth-order valence-electron chi connectivity index (χ4n) is 2.55. The summed E-state index contributed by atoms with van der Waals surface area (Å²) in [7, 11) is 0. The van der Waals surface area contributed by atoms with Gasteiger partial charge in [0, 0.05) is 23.0 Å². The number of pyridine rings is 1. The van der Waals surface area contributed by atoms with E-state index in [4.69, 9.17) is 0 Å². The molecule has 29 heavy (non-hydrogen) atoms. The summed E-state index contributed by atoms with van der Waals surface area (Å²) in [5.74, 6) is -1.02. The number of aromatic nitrogens is 1. The van der Waals surface area contributed by atoms with Gasteiger partial charge in [-0.2, -0.15) is 13.2 Å². The molecule has 1 heterocycles. The van der Waals surface area contributed by atoms with E-state index in [0.29, 0.717) is 5.69 Å². The molecule has 8 heteroatoms. The Hall–Kier alpha value is -3.68. The van der Waals surface area contributed by atoms with Crippen LogP contribution in [0, 0.1) is 0 Å². The van der Waals surface area contributed by atoms with Gasteiger partial charge in [-0.25, -0.2) is 0 Å². The average Bonchev–Trinajstić information content (AvgIpc) is 2.72. The summed E-state index contributed by atoms with van der Waals surface area (Å²) in [6.07, 6.45) is -2.90. The fourth-order valence-corrected chi connectivity index (χ4v) is 2.55. The molecule has 3 aromatic rings. The number of nitrogens with zero attached hydrogens (tertiary/aromatic N) is 1. The zero-order chi connectivity index (χ0) is 20.9. The van der Waals surface area contributed by atoms with Gasteiger partial charge in [-0.1, -0.05) is 18.2 Å². The maximum atomic E-state index is 12.8. The molecule has 0 fully saturated rings. The minimum absolute atomic E-state index is 0.00910. The van der Waals surface area contributed by atoms with Crippen LogP contribution in [0.5, 0.6) is 0 Å². The van der Waals surface area contributed by atoms with Crippen LogP contribution in [-0.4, -0.2) is 16.8 Å². The quantitative estimate of drug-likeness (QED) is 0.673. The van der Waals surface area contributed by atoms with Crippen LogP contribution in [0.25, 0.3) is 0 Å². The highest BCUT2D eigenvalue weighted by Gasteiger charge is 2.30. The third-order valence-electron chi connectivity index (χ3n) is 3.99. The highest BCUT2D eigenvalue weighted by atomic mass is 19.4. The van der Waals surface area contributed by atoms with Crippen LogP contribution in [0.4, 0.5) is 18.9 Å². The number of carbonyl (C=O) groups is 2. The Bertz CT molecular complexity index is 1020. The lowest BCUT2D eigenvalue weighted by molar-refractivity contribution is -0.137. The van der Waals surface area contributed by atoms with Gasteiger partial charge in [0.15, 0.2) is 0 Å². The number of nitrogens with one attached hydrogen (secondary N) is 2. The van der Waals surface area contributed by atoms with E-state index < -0.39 is 23.6 Å². The summed E-state index contributed by atoms with van der Waals surface area (Å²) in [5.41, 5.74) is 0.220. The SMILES string of the molecule is O=C(NCc1ccccn1)c1cccc(C(=O)Nc2cccc(C(F)(F)F)c2)c1. The zero-order valence-corrected chi connectivity index (χ0v) is 15.0. The van der Waals surface area contributed by atoms with E-state index in [1.54, 1.807) is 24.4 Å². The molecule has 0 saturated heterocycles. The van der Waals surface area contributed by atoms with Crippen molar-refractivity contribution in [3.8, 4) is 0 Å². The van der Waals surface area contributed by atoms with Crippen LogP contribution in [0.1, 0.15) is 32.0 Å². The number of hydrogen-bond acceptors (Lipinski definition) is 3. The molecule has 1 aromatic heterocycles. The van der Waals surface area contributed by atoms with E-state index in [1.807, 2.05) is 0 Å². The lowest BCUT2D eigenvalue weighted by Crippen LogP contribution is -2.23. The van der Waals surface area contributed by atoms with E-state index in [1.165, 1.54) is 36.4 Å². The molecule has 0 atom stereocenters. The van der Waals surface area contributed by atoms with Gasteiger partial charge in [-0.3, -0.25) is 14.6 Å². The molecule has 2 amide bonds. The zero-order valence-electron chi connectivity index (χ0n) is 15.0. The summed E-state index contributed by atoms with van der Waals surface area (Å²) < 4.78 is 38.4. The monoisotopic (exact) mass is 399 g/mol. The van der Waals surface area contributed by atoms with Crippen LogP contribution in [0.15, 0.2) is 72.9 Å². The Morgan fingerprint density at radius 3 is 2.28 bits per heavy atom. The Morgan fingerprint density at radius 1 is 0.862 bits per heavy atom. The van der Waals surface area contributed by atoms with E-state index in [2.05, 4.69) is 15.6 Å². The van der Waals surface area contributed by atoms with Crippen molar-refractivity contribution in [1.82, 2.24) is 10.3 Å². The van der Waals surface area contributed by atoms with E-state index >= 15 is 0 Å². The normalized spacial score (nSPS) is 11.0. The Morgan fingerprint density at radius 2 is 1.59 bits per heavy atom. The summed E-state index contributed by atoms with van der Waals surface area (Å²) in [6, 6.07) is 15.6. The molecule has 0 aliphatic carbocycles. The standard InChI is InChI=1S/C21H16F3N3O2/c22-21(23,24)16-7-4-9-17(12-16)27-20(29)15-6-3-5-14(11-15)19(28)26-13-18-8-1-2-10-25-18/h1-12H,13H2,(H,26,28)(H,27,29). The largest absolute Gasteiger partial charge is 0.416 e. The molecule has 0 spiro atoms. The number of hydrogen-bond donors (Lipinski definition) is 2. The maximum absolute atomic E-state index is 12.8. The summed E-state index contributed by atoms with van der Waals surface area (Å²) in [4.78, 5) is 28.8. The number of rotatable bonds is 5. The number of anilines is 1. The van der Waals surface area contributed by atoms with Crippen molar-refractivity contribution in [2.24, 2.45) is 0 Å². The summed E-state index contributed by atoms with van der Waals surface area (Å²) in [6.45, 7) is 0.223. The predicted molar refractivity (Wildman–Crippen MR) is 101 cm³/mol. The number of amides is 2. The first-order valence-electron chi connectivity index (χ1n) is 8.60. The van der Waals surface area contributed by atoms with Gasteiger partial charge in [0.1, 0.15) is 0 Å². The van der Waals surface area contributed by atoms with Crippen LogP contribution in [0.3, 0.4) is 0 Å². The second-order valence-corrected chi connectivity index (χ2v) is 6.12. The van der Waals surface area contributed by atoms with Crippen molar-refractivity contribution in [3.63, 3.8) is 0 Å². The first-order valence-corrected chi connectivity index (χ1v) is 8.60. The number of benzene rings is 2. The van der Waals surface area contributed by atoms with Crippen LogP contribution < -0.4 is 10.6 Å². The highest BCUT2D eigenvalue weighted by Crippen LogP contribution is 2.30. The number of alkyl halides is 3. The van der Waals surface area contributed by atoms with Crippen molar-refractivity contribution in [3.05, 3.63) is 95.3 Å². The molecule has 0 aliphatic heterocycles. The highest BCUT2D eigenvalue weighted by molar-refractivity contribution is 6.06. The van der Waals surface area contributed by atoms with Crippen molar-refractivity contribution in [1.29, 1.82) is 0 Å². The second-order valence-electron chi connectivity index (χ2n) is 6.12. The predicted octanol–water partition coefficient (Wildman–Crippen LogP) is 4.28. The molecular formula is C21H16F3N3O2. The lowest BCUT2D eigenvalue weighted by atomic mass is 10.1. The van der Waals surface area contributed by atoms with Gasteiger partial charge in [0.05, 0.1) is 17.8 Å². The molecule has 5 nitrogen and oxygen atoms in total. The van der Waals surface area contributed by atoms with Crippen LogP contribution >= 0.6 is 0 Å². The summed E-state index contributed by atoms with van der Waals surface area (Å²) in [5, 5.41) is 5.11. The van der Waals surface area contributed by atoms with Crippen molar-refractivity contribution < 1.29 is 22.8 Å². The third-order valence-corrected chi connectivity index (χ3v) is 3.99.